The lowest BCUT2D eigenvalue weighted by Gasteiger charge is -2.11. The topological polar surface area (TPSA) is 33.1 Å². The van der Waals surface area contributed by atoms with Gasteiger partial charge in [0.2, 0.25) is 0 Å². The van der Waals surface area contributed by atoms with Crippen LogP contribution >= 0.6 is 0 Å². The molecule has 1 aromatic heterocycles. The molecule has 5 heteroatoms. The molecule has 17 heavy (non-hydrogen) atoms. The summed E-state index contributed by atoms with van der Waals surface area (Å²) in [4.78, 5) is 3.60. The second kappa shape index (κ2) is 5.69. The SMILES string of the molecule is C#CCCCC(O)c1ccc(C(F)(F)F)cn1. The molecule has 0 aromatic carbocycles. The Morgan fingerprint density at radius 2 is 2.12 bits per heavy atom. The molecule has 92 valence electrons. The smallest absolute Gasteiger partial charge is 0.387 e. The molecule has 0 saturated heterocycles. The van der Waals surface area contributed by atoms with Gasteiger partial charge < -0.3 is 5.11 Å². The maximum absolute atomic E-state index is 12.2. The lowest BCUT2D eigenvalue weighted by atomic mass is 10.1. The summed E-state index contributed by atoms with van der Waals surface area (Å²) < 4.78 is 36.7. The number of aliphatic hydroxyl groups excluding tert-OH is 1. The number of hydrogen-bond acceptors (Lipinski definition) is 2. The van der Waals surface area contributed by atoms with E-state index in [0.717, 1.165) is 12.3 Å². The number of halogens is 3. The molecule has 0 spiro atoms. The zero-order valence-corrected chi connectivity index (χ0v) is 9.04. The van der Waals surface area contributed by atoms with Crippen molar-refractivity contribution < 1.29 is 18.3 Å². The number of unbranched alkanes of at least 4 members (excludes halogenated alkanes) is 1. The van der Waals surface area contributed by atoms with Crippen LogP contribution in [-0.2, 0) is 6.18 Å². The van der Waals surface area contributed by atoms with Gasteiger partial charge in [0.15, 0.2) is 0 Å². The summed E-state index contributed by atoms with van der Waals surface area (Å²) >= 11 is 0. The first kappa shape index (κ1) is 13.5. The first-order chi connectivity index (χ1) is 7.95. The van der Waals surface area contributed by atoms with Gasteiger partial charge in [-0.2, -0.15) is 13.2 Å². The third-order valence-corrected chi connectivity index (χ3v) is 2.25. The number of aliphatic hydroxyl groups is 1. The molecular weight excluding hydrogens is 231 g/mol. The fraction of sp³-hybridized carbons (Fsp3) is 0.417. The molecule has 1 N–H and O–H groups in total. The number of terminal acetylenes is 1. The number of pyridine rings is 1. The van der Waals surface area contributed by atoms with Crippen molar-refractivity contribution in [3.8, 4) is 12.3 Å². The van der Waals surface area contributed by atoms with Crippen LogP contribution in [-0.4, -0.2) is 10.1 Å². The highest BCUT2D eigenvalue weighted by Gasteiger charge is 2.30. The minimum absolute atomic E-state index is 0.232. The van der Waals surface area contributed by atoms with Crippen molar-refractivity contribution in [1.29, 1.82) is 0 Å². The van der Waals surface area contributed by atoms with Crippen LogP contribution in [0.1, 0.15) is 36.6 Å². The summed E-state index contributed by atoms with van der Waals surface area (Å²) in [5.41, 5.74) is -0.591. The van der Waals surface area contributed by atoms with E-state index in [4.69, 9.17) is 6.42 Å². The quantitative estimate of drug-likeness (QED) is 0.651. The van der Waals surface area contributed by atoms with Gasteiger partial charge in [-0.05, 0) is 25.0 Å². The average molecular weight is 243 g/mol. The van der Waals surface area contributed by atoms with Crippen molar-refractivity contribution in [1.82, 2.24) is 4.98 Å². The van der Waals surface area contributed by atoms with Crippen LogP contribution in [0.4, 0.5) is 13.2 Å². The molecule has 1 unspecified atom stereocenters. The molecule has 0 aliphatic heterocycles. The monoisotopic (exact) mass is 243 g/mol. The van der Waals surface area contributed by atoms with Crippen LogP contribution in [0.3, 0.4) is 0 Å². The largest absolute Gasteiger partial charge is 0.417 e. The van der Waals surface area contributed by atoms with Gasteiger partial charge in [-0.1, -0.05) is 0 Å². The lowest BCUT2D eigenvalue weighted by molar-refractivity contribution is -0.137. The molecule has 1 heterocycles. The first-order valence-electron chi connectivity index (χ1n) is 5.10. The molecule has 0 radical (unpaired) electrons. The molecule has 0 aliphatic carbocycles. The highest BCUT2D eigenvalue weighted by Crippen LogP contribution is 2.29. The summed E-state index contributed by atoms with van der Waals surface area (Å²) in [5.74, 6) is 2.42. The summed E-state index contributed by atoms with van der Waals surface area (Å²) in [6.07, 6.45) is 2.03. The Bertz CT molecular complexity index is 392. The van der Waals surface area contributed by atoms with Gasteiger partial charge in [-0.15, -0.1) is 12.3 Å². The maximum atomic E-state index is 12.2. The molecule has 0 bridgehead atoms. The van der Waals surface area contributed by atoms with Crippen LogP contribution in [0.5, 0.6) is 0 Å². The van der Waals surface area contributed by atoms with Crippen LogP contribution < -0.4 is 0 Å². The van der Waals surface area contributed by atoms with Crippen molar-refractivity contribution in [2.24, 2.45) is 0 Å². The van der Waals surface area contributed by atoms with Gasteiger partial charge in [0.1, 0.15) is 0 Å². The van der Waals surface area contributed by atoms with Gasteiger partial charge >= 0.3 is 6.18 Å². The van der Waals surface area contributed by atoms with E-state index < -0.39 is 17.8 Å². The Morgan fingerprint density at radius 1 is 1.41 bits per heavy atom. The molecule has 2 nitrogen and oxygen atoms in total. The highest BCUT2D eigenvalue weighted by molar-refractivity contribution is 5.18. The molecule has 1 aromatic rings. The van der Waals surface area contributed by atoms with E-state index in [9.17, 15) is 18.3 Å². The average Bonchev–Trinajstić information content (AvgIpc) is 2.28. The van der Waals surface area contributed by atoms with E-state index in [1.807, 2.05) is 0 Å². The fourth-order valence-corrected chi connectivity index (χ4v) is 1.32. The van der Waals surface area contributed by atoms with Crippen LogP contribution in [0, 0.1) is 12.3 Å². The molecular formula is C12H12F3NO. The number of rotatable bonds is 4. The second-order valence-corrected chi connectivity index (χ2v) is 3.58. The standard InChI is InChI=1S/C12H12F3NO/c1-2-3-4-5-11(17)10-7-6-9(8-16-10)12(13,14)15/h1,6-8,11,17H,3-5H2. The number of hydrogen-bond donors (Lipinski definition) is 1. The van der Waals surface area contributed by atoms with Crippen molar-refractivity contribution in [2.45, 2.75) is 31.5 Å². The van der Waals surface area contributed by atoms with Crippen molar-refractivity contribution in [3.63, 3.8) is 0 Å². The van der Waals surface area contributed by atoms with Crippen molar-refractivity contribution in [3.05, 3.63) is 29.6 Å². The van der Waals surface area contributed by atoms with Gasteiger partial charge in [-0.25, -0.2) is 0 Å². The third-order valence-electron chi connectivity index (χ3n) is 2.25. The Labute approximate surface area is 97.5 Å². The van der Waals surface area contributed by atoms with Crippen LogP contribution in [0.2, 0.25) is 0 Å². The first-order valence-corrected chi connectivity index (χ1v) is 5.10. The van der Waals surface area contributed by atoms with E-state index in [1.54, 1.807) is 0 Å². The summed E-state index contributed by atoms with van der Waals surface area (Å²) in [5, 5.41) is 9.63. The van der Waals surface area contributed by atoms with Gasteiger partial charge in [-0.3, -0.25) is 4.98 Å². The van der Waals surface area contributed by atoms with Crippen molar-refractivity contribution in [2.75, 3.05) is 0 Å². The summed E-state index contributed by atoms with van der Waals surface area (Å²) in [6.45, 7) is 0. The fourth-order valence-electron chi connectivity index (χ4n) is 1.32. The van der Waals surface area contributed by atoms with E-state index >= 15 is 0 Å². The number of nitrogens with zero attached hydrogens (tertiary/aromatic N) is 1. The molecule has 0 aliphatic rings. The second-order valence-electron chi connectivity index (χ2n) is 3.58. The van der Waals surface area contributed by atoms with E-state index in [-0.39, 0.29) is 5.69 Å². The zero-order chi connectivity index (χ0) is 12.9. The minimum Gasteiger partial charge on any atom is -0.387 e. The number of alkyl halides is 3. The summed E-state index contributed by atoms with van der Waals surface area (Å²) in [7, 11) is 0. The van der Waals surface area contributed by atoms with Crippen LogP contribution in [0.15, 0.2) is 18.3 Å². The third kappa shape index (κ3) is 4.08. The summed E-state index contributed by atoms with van der Waals surface area (Å²) in [6, 6.07) is 2.09. The maximum Gasteiger partial charge on any atom is 0.417 e. The predicted molar refractivity (Wildman–Crippen MR) is 56.9 cm³/mol. The Kier molecular flexibility index (Phi) is 4.53. The molecule has 0 amide bonds. The molecule has 0 saturated carbocycles. The van der Waals surface area contributed by atoms with E-state index in [2.05, 4.69) is 10.9 Å². The highest BCUT2D eigenvalue weighted by atomic mass is 19.4. The zero-order valence-electron chi connectivity index (χ0n) is 9.04. The normalized spacial score (nSPS) is 13.1. The van der Waals surface area contributed by atoms with Gasteiger partial charge in [0, 0.05) is 12.6 Å². The molecule has 1 rings (SSSR count). The van der Waals surface area contributed by atoms with Gasteiger partial charge in [0.05, 0.1) is 17.4 Å². The number of aromatic nitrogens is 1. The van der Waals surface area contributed by atoms with Crippen molar-refractivity contribution >= 4 is 0 Å². The minimum atomic E-state index is -4.40. The van der Waals surface area contributed by atoms with E-state index in [0.29, 0.717) is 19.3 Å². The molecule has 0 fully saturated rings. The molecule has 1 atom stereocenters. The Balaban J connectivity index is 2.65. The lowest BCUT2D eigenvalue weighted by Crippen LogP contribution is -2.07. The van der Waals surface area contributed by atoms with Crippen LogP contribution in [0.25, 0.3) is 0 Å². The predicted octanol–water partition coefficient (Wildman–Crippen LogP) is 2.94. The Morgan fingerprint density at radius 3 is 2.59 bits per heavy atom. The Hall–Kier alpha value is -1.54. The van der Waals surface area contributed by atoms with Gasteiger partial charge in [0.25, 0.3) is 0 Å². The van der Waals surface area contributed by atoms with E-state index in [1.165, 1.54) is 6.07 Å².